The fourth-order valence-electron chi connectivity index (χ4n) is 2.33. The molecule has 0 spiro atoms. The van der Waals surface area contributed by atoms with Crippen molar-refractivity contribution >= 4 is 17.3 Å². The summed E-state index contributed by atoms with van der Waals surface area (Å²) in [5.41, 5.74) is 0.972. The van der Waals surface area contributed by atoms with E-state index in [2.05, 4.69) is 11.8 Å². The Bertz CT molecular complexity index is 759. The van der Waals surface area contributed by atoms with Crippen molar-refractivity contribution in [3.8, 4) is 11.5 Å². The lowest BCUT2D eigenvalue weighted by atomic mass is 10.2. The predicted molar refractivity (Wildman–Crippen MR) is 94.6 cm³/mol. The molecule has 0 unspecified atom stereocenters. The number of hydrogen-bond acceptors (Lipinski definition) is 6. The Morgan fingerprint density at radius 2 is 1.88 bits per heavy atom. The molecule has 25 heavy (non-hydrogen) atoms. The average Bonchev–Trinajstić information content (AvgIpc) is 2.62. The highest BCUT2D eigenvalue weighted by molar-refractivity contribution is 5.92. The molecule has 2 rings (SSSR count). The van der Waals surface area contributed by atoms with Crippen LogP contribution in [-0.4, -0.2) is 31.6 Å². The number of hydrogen-bond donors (Lipinski definition) is 0. The van der Waals surface area contributed by atoms with Crippen LogP contribution in [0.2, 0.25) is 0 Å². The van der Waals surface area contributed by atoms with E-state index in [0.29, 0.717) is 11.3 Å². The van der Waals surface area contributed by atoms with Crippen molar-refractivity contribution in [2.75, 3.05) is 25.6 Å². The quantitative estimate of drug-likeness (QED) is 0.330. The Kier molecular flexibility index (Phi) is 5.94. The minimum atomic E-state index is -0.655. The highest BCUT2D eigenvalue weighted by Gasteiger charge is 2.20. The Morgan fingerprint density at radius 3 is 2.44 bits per heavy atom. The molecule has 0 atom stereocenters. The molecule has 0 fully saturated rings. The van der Waals surface area contributed by atoms with Gasteiger partial charge in [-0.15, -0.1) is 0 Å². The van der Waals surface area contributed by atoms with E-state index in [0.717, 1.165) is 18.7 Å². The smallest absolute Gasteiger partial charge is 0.343 e. The summed E-state index contributed by atoms with van der Waals surface area (Å²) < 4.78 is 10.1. The third kappa shape index (κ3) is 4.47. The first-order chi connectivity index (χ1) is 12.0. The number of carbonyl (C=O) groups excluding carboxylic acids is 1. The summed E-state index contributed by atoms with van der Waals surface area (Å²) in [5.74, 6) is -0.462. The molecular formula is C18H20N2O5. The molecule has 0 saturated carbocycles. The van der Waals surface area contributed by atoms with Gasteiger partial charge in [0.15, 0.2) is 0 Å². The monoisotopic (exact) mass is 344 g/mol. The largest absolute Gasteiger partial charge is 0.496 e. The first kappa shape index (κ1) is 18.3. The van der Waals surface area contributed by atoms with Gasteiger partial charge in [0.2, 0.25) is 5.75 Å². The van der Waals surface area contributed by atoms with E-state index in [1.807, 2.05) is 19.2 Å². The van der Waals surface area contributed by atoms with E-state index in [1.54, 1.807) is 12.1 Å². The normalized spacial score (nSPS) is 10.2. The van der Waals surface area contributed by atoms with E-state index in [9.17, 15) is 14.9 Å². The highest BCUT2D eigenvalue weighted by Crippen LogP contribution is 2.31. The van der Waals surface area contributed by atoms with Gasteiger partial charge < -0.3 is 14.4 Å². The molecule has 7 heteroatoms. The molecular weight excluding hydrogens is 324 g/mol. The Balaban J connectivity index is 2.18. The van der Waals surface area contributed by atoms with Gasteiger partial charge in [0.1, 0.15) is 5.75 Å². The van der Waals surface area contributed by atoms with Crippen molar-refractivity contribution in [1.29, 1.82) is 0 Å². The second kappa shape index (κ2) is 8.14. The van der Waals surface area contributed by atoms with Crippen molar-refractivity contribution in [3.05, 3.63) is 58.1 Å². The fourth-order valence-corrected chi connectivity index (χ4v) is 2.33. The molecule has 0 aliphatic carbocycles. The Morgan fingerprint density at radius 1 is 1.20 bits per heavy atom. The summed E-state index contributed by atoms with van der Waals surface area (Å²) in [7, 11) is 3.37. The van der Waals surface area contributed by atoms with Crippen molar-refractivity contribution < 1.29 is 19.2 Å². The summed E-state index contributed by atoms with van der Waals surface area (Å²) >= 11 is 0. The van der Waals surface area contributed by atoms with Crippen LogP contribution < -0.4 is 14.4 Å². The number of nitrogens with zero attached hydrogens (tertiary/aromatic N) is 2. The van der Waals surface area contributed by atoms with Crippen LogP contribution in [0.3, 0.4) is 0 Å². The number of nitro benzene ring substituents is 1. The number of anilines is 1. The van der Waals surface area contributed by atoms with Crippen LogP contribution >= 0.6 is 0 Å². The van der Waals surface area contributed by atoms with Gasteiger partial charge in [-0.05, 0) is 42.8 Å². The summed E-state index contributed by atoms with van der Waals surface area (Å²) in [5, 5.41) is 11.1. The molecule has 0 aromatic heterocycles. The van der Waals surface area contributed by atoms with Gasteiger partial charge in [-0.3, -0.25) is 10.1 Å². The molecule has 0 bridgehead atoms. The number of esters is 1. The summed E-state index contributed by atoms with van der Waals surface area (Å²) in [6.45, 7) is 2.99. The zero-order valence-electron chi connectivity index (χ0n) is 14.4. The van der Waals surface area contributed by atoms with Crippen LogP contribution in [0.1, 0.15) is 23.7 Å². The molecule has 7 nitrogen and oxygen atoms in total. The van der Waals surface area contributed by atoms with Crippen LogP contribution in [0.25, 0.3) is 0 Å². The lowest BCUT2D eigenvalue weighted by Crippen LogP contribution is -2.18. The average molecular weight is 344 g/mol. The van der Waals surface area contributed by atoms with Gasteiger partial charge in [0.05, 0.1) is 23.7 Å². The van der Waals surface area contributed by atoms with Gasteiger partial charge in [0.25, 0.3) is 0 Å². The number of methoxy groups -OCH3 is 1. The van der Waals surface area contributed by atoms with E-state index in [4.69, 9.17) is 9.47 Å². The van der Waals surface area contributed by atoms with Crippen LogP contribution in [0.5, 0.6) is 11.5 Å². The number of nitro groups is 1. The molecule has 2 aromatic rings. The van der Waals surface area contributed by atoms with Crippen molar-refractivity contribution in [1.82, 2.24) is 0 Å². The third-order valence-electron chi connectivity index (χ3n) is 3.67. The van der Waals surface area contributed by atoms with Crippen molar-refractivity contribution in [3.63, 3.8) is 0 Å². The predicted octanol–water partition coefficient (Wildman–Crippen LogP) is 3.67. The zero-order chi connectivity index (χ0) is 18.4. The second-order valence-electron chi connectivity index (χ2n) is 5.45. The Hall–Kier alpha value is -3.09. The lowest BCUT2D eigenvalue weighted by Gasteiger charge is -2.18. The van der Waals surface area contributed by atoms with Gasteiger partial charge in [0, 0.05) is 19.3 Å². The minimum Gasteiger partial charge on any atom is -0.496 e. The first-order valence-electron chi connectivity index (χ1n) is 7.82. The first-order valence-corrected chi connectivity index (χ1v) is 7.82. The standard InChI is InChI=1S/C18H20N2O5/c1-4-11-19(2)14-7-5-13(6-8-14)18(21)25-17-10-9-15(24-3)12-16(17)20(22)23/h5-10,12H,4,11H2,1-3H3. The van der Waals surface area contributed by atoms with Crippen molar-refractivity contribution in [2.24, 2.45) is 0 Å². The maximum absolute atomic E-state index is 12.3. The molecule has 0 N–H and O–H groups in total. The number of carbonyl (C=O) groups is 1. The fraction of sp³-hybridized carbons (Fsp3) is 0.278. The molecule has 0 aliphatic rings. The Labute approximate surface area is 145 Å². The molecule has 2 aromatic carbocycles. The van der Waals surface area contributed by atoms with Gasteiger partial charge in [-0.2, -0.15) is 0 Å². The zero-order valence-corrected chi connectivity index (χ0v) is 14.4. The molecule has 0 saturated heterocycles. The summed E-state index contributed by atoms with van der Waals surface area (Å²) in [4.78, 5) is 24.9. The molecule has 0 aliphatic heterocycles. The van der Waals surface area contributed by atoms with Crippen molar-refractivity contribution in [2.45, 2.75) is 13.3 Å². The maximum Gasteiger partial charge on any atom is 0.343 e. The van der Waals surface area contributed by atoms with E-state index >= 15 is 0 Å². The van der Waals surface area contributed by atoms with Gasteiger partial charge >= 0.3 is 11.7 Å². The minimum absolute atomic E-state index is 0.122. The highest BCUT2D eigenvalue weighted by atomic mass is 16.6. The SMILES string of the molecule is CCCN(C)c1ccc(C(=O)Oc2ccc(OC)cc2[N+](=O)[O-])cc1. The van der Waals surface area contributed by atoms with Crippen LogP contribution in [0.4, 0.5) is 11.4 Å². The van der Waals surface area contributed by atoms with E-state index < -0.39 is 10.9 Å². The van der Waals surface area contributed by atoms with Crippen LogP contribution in [0.15, 0.2) is 42.5 Å². The van der Waals surface area contributed by atoms with E-state index in [-0.39, 0.29) is 11.4 Å². The third-order valence-corrected chi connectivity index (χ3v) is 3.67. The molecule has 0 heterocycles. The van der Waals surface area contributed by atoms with E-state index in [1.165, 1.54) is 25.3 Å². The summed E-state index contributed by atoms with van der Waals surface area (Å²) in [6.07, 6.45) is 1.02. The molecule has 0 amide bonds. The molecule has 132 valence electrons. The number of rotatable bonds is 7. The number of ether oxygens (including phenoxy) is 2. The second-order valence-corrected chi connectivity index (χ2v) is 5.45. The van der Waals surface area contributed by atoms with Crippen LogP contribution in [-0.2, 0) is 0 Å². The maximum atomic E-state index is 12.3. The van der Waals surface area contributed by atoms with Crippen LogP contribution in [0, 0.1) is 10.1 Å². The molecule has 0 radical (unpaired) electrons. The number of benzene rings is 2. The topological polar surface area (TPSA) is 81.9 Å². The lowest BCUT2D eigenvalue weighted by molar-refractivity contribution is -0.385. The van der Waals surface area contributed by atoms with Gasteiger partial charge in [-0.25, -0.2) is 4.79 Å². The summed E-state index contributed by atoms with van der Waals surface area (Å²) in [6, 6.07) is 11.0. The van der Waals surface area contributed by atoms with Gasteiger partial charge in [-0.1, -0.05) is 6.92 Å².